The summed E-state index contributed by atoms with van der Waals surface area (Å²) in [6.45, 7) is 4.09. The second-order valence-electron chi connectivity index (χ2n) is 2.43. The van der Waals surface area contributed by atoms with Crippen LogP contribution in [0.3, 0.4) is 0 Å². The Balaban J connectivity index is 3.26. The minimum absolute atomic E-state index is 0.731. The van der Waals surface area contributed by atoms with Crippen LogP contribution in [0.4, 0.5) is 0 Å². The predicted molar refractivity (Wildman–Crippen MR) is 53.0 cm³/mol. The fourth-order valence-electron chi connectivity index (χ4n) is 1.18. The molecule has 0 spiro atoms. The molecule has 0 saturated carbocycles. The third-order valence-electron chi connectivity index (χ3n) is 1.82. The second kappa shape index (κ2) is 3.38. The van der Waals surface area contributed by atoms with Crippen LogP contribution < -0.4 is 0 Å². The van der Waals surface area contributed by atoms with Gasteiger partial charge < -0.3 is 4.98 Å². The van der Waals surface area contributed by atoms with Gasteiger partial charge in [-0.05, 0) is 47.1 Å². The highest BCUT2D eigenvalue weighted by Crippen LogP contribution is 2.18. The molecule has 0 saturated heterocycles. The van der Waals surface area contributed by atoms with Crippen LogP contribution in [0.2, 0.25) is 0 Å². The van der Waals surface area contributed by atoms with Gasteiger partial charge in [0, 0.05) is 0 Å². The van der Waals surface area contributed by atoms with Crippen LogP contribution in [-0.2, 0) is 6.42 Å². The average Bonchev–Trinajstić information content (AvgIpc) is 2.28. The third kappa shape index (κ3) is 1.47. The van der Waals surface area contributed by atoms with Crippen LogP contribution in [0.5, 0.6) is 0 Å². The van der Waals surface area contributed by atoms with E-state index < -0.39 is 0 Å². The zero-order chi connectivity index (χ0) is 8.43. The molecule has 0 atom stereocenters. The van der Waals surface area contributed by atoms with E-state index in [1.807, 2.05) is 6.92 Å². The molecule has 1 heterocycles. The van der Waals surface area contributed by atoms with Crippen molar-refractivity contribution in [2.45, 2.75) is 20.3 Å². The lowest BCUT2D eigenvalue weighted by molar-refractivity contribution is 0.111. The predicted octanol–water partition coefficient (Wildman–Crippen LogP) is 2.30. The highest BCUT2D eigenvalue weighted by molar-refractivity contribution is 14.1. The maximum Gasteiger partial charge on any atom is 0.166 e. The lowest BCUT2D eigenvalue weighted by Gasteiger charge is -1.93. The number of nitrogens with one attached hydrogen (secondary N) is 1. The Morgan fingerprint density at radius 3 is 2.64 bits per heavy atom. The number of hydrogen-bond donors (Lipinski definition) is 1. The summed E-state index contributed by atoms with van der Waals surface area (Å²) in [7, 11) is 0. The lowest BCUT2D eigenvalue weighted by atomic mass is 10.1. The molecule has 1 aromatic heterocycles. The minimum atomic E-state index is 0.731. The lowest BCUT2D eigenvalue weighted by Crippen LogP contribution is -1.87. The van der Waals surface area contributed by atoms with E-state index in [0.717, 1.165) is 27.7 Å². The number of aldehydes is 1. The van der Waals surface area contributed by atoms with E-state index in [0.29, 0.717) is 0 Å². The zero-order valence-electron chi connectivity index (χ0n) is 6.57. The molecule has 0 aliphatic heterocycles. The Morgan fingerprint density at radius 1 is 1.64 bits per heavy atom. The maximum atomic E-state index is 10.5. The Kier molecular flexibility index (Phi) is 2.70. The quantitative estimate of drug-likeness (QED) is 0.644. The molecule has 0 fully saturated rings. The molecule has 0 amide bonds. The summed E-state index contributed by atoms with van der Waals surface area (Å²) < 4.78 is 1.07. The number of aromatic amines is 1. The standard InChI is InChI=1S/C8H10INO/c1-3-6-5(2)8(9)10-7(6)4-11/h4,10H,3H2,1-2H3. The van der Waals surface area contributed by atoms with Crippen molar-refractivity contribution < 1.29 is 4.79 Å². The molecule has 0 unspecified atom stereocenters. The summed E-state index contributed by atoms with van der Waals surface area (Å²) in [4.78, 5) is 13.5. The number of carbonyl (C=O) groups is 1. The van der Waals surface area contributed by atoms with E-state index in [1.165, 1.54) is 5.56 Å². The Morgan fingerprint density at radius 2 is 2.27 bits per heavy atom. The van der Waals surface area contributed by atoms with Crippen LogP contribution in [0.15, 0.2) is 0 Å². The normalized spacial score (nSPS) is 10.1. The highest BCUT2D eigenvalue weighted by Gasteiger charge is 2.08. The molecular weight excluding hydrogens is 253 g/mol. The Bertz CT molecular complexity index is 278. The molecule has 1 rings (SSSR count). The molecule has 0 bridgehead atoms. The summed E-state index contributed by atoms with van der Waals surface area (Å²) >= 11 is 2.20. The van der Waals surface area contributed by atoms with Crippen molar-refractivity contribution >= 4 is 28.9 Å². The van der Waals surface area contributed by atoms with Crippen LogP contribution in [0.1, 0.15) is 28.5 Å². The van der Waals surface area contributed by atoms with Gasteiger partial charge in [0.15, 0.2) is 6.29 Å². The first-order chi connectivity index (χ1) is 5.20. The number of halogens is 1. The van der Waals surface area contributed by atoms with Crippen molar-refractivity contribution in [2.75, 3.05) is 0 Å². The van der Waals surface area contributed by atoms with Crippen LogP contribution in [0, 0.1) is 10.6 Å². The summed E-state index contributed by atoms with van der Waals surface area (Å²) in [5, 5.41) is 0. The molecule has 0 aromatic carbocycles. The highest BCUT2D eigenvalue weighted by atomic mass is 127. The summed E-state index contributed by atoms with van der Waals surface area (Å²) in [6.07, 6.45) is 1.80. The van der Waals surface area contributed by atoms with Gasteiger partial charge in [-0.1, -0.05) is 6.92 Å². The van der Waals surface area contributed by atoms with Crippen molar-refractivity contribution in [3.63, 3.8) is 0 Å². The first-order valence-electron chi connectivity index (χ1n) is 3.52. The fourth-order valence-corrected chi connectivity index (χ4v) is 1.79. The van der Waals surface area contributed by atoms with E-state index >= 15 is 0 Å². The van der Waals surface area contributed by atoms with Crippen LogP contribution >= 0.6 is 22.6 Å². The first kappa shape index (κ1) is 8.77. The summed E-state index contributed by atoms with van der Waals surface area (Å²) in [6, 6.07) is 0. The van der Waals surface area contributed by atoms with Gasteiger partial charge in [-0.2, -0.15) is 0 Å². The van der Waals surface area contributed by atoms with E-state index in [-0.39, 0.29) is 0 Å². The maximum absolute atomic E-state index is 10.5. The molecule has 60 valence electrons. The number of carbonyl (C=O) groups excluding carboxylic acids is 1. The molecular formula is C8H10INO. The fraction of sp³-hybridized carbons (Fsp3) is 0.375. The Labute approximate surface area is 79.5 Å². The number of aromatic nitrogens is 1. The van der Waals surface area contributed by atoms with Crippen molar-refractivity contribution in [2.24, 2.45) is 0 Å². The van der Waals surface area contributed by atoms with E-state index in [4.69, 9.17) is 0 Å². The SMILES string of the molecule is CCc1c(C=O)[nH]c(I)c1C. The van der Waals surface area contributed by atoms with Gasteiger partial charge in [0.05, 0.1) is 9.39 Å². The number of H-pyrrole nitrogens is 1. The molecule has 1 N–H and O–H groups in total. The zero-order valence-corrected chi connectivity index (χ0v) is 8.73. The molecule has 11 heavy (non-hydrogen) atoms. The van der Waals surface area contributed by atoms with Crippen LogP contribution in [-0.4, -0.2) is 11.3 Å². The monoisotopic (exact) mass is 263 g/mol. The molecule has 3 heteroatoms. The van der Waals surface area contributed by atoms with E-state index in [9.17, 15) is 4.79 Å². The largest absolute Gasteiger partial charge is 0.347 e. The molecule has 0 aliphatic rings. The first-order valence-corrected chi connectivity index (χ1v) is 4.60. The van der Waals surface area contributed by atoms with Gasteiger partial charge in [-0.3, -0.25) is 4.79 Å². The van der Waals surface area contributed by atoms with E-state index in [1.54, 1.807) is 0 Å². The molecule has 2 nitrogen and oxygen atoms in total. The third-order valence-corrected chi connectivity index (χ3v) is 2.90. The van der Waals surface area contributed by atoms with Crippen molar-refractivity contribution in [3.05, 3.63) is 20.5 Å². The van der Waals surface area contributed by atoms with E-state index in [2.05, 4.69) is 34.5 Å². The topological polar surface area (TPSA) is 32.9 Å². The Hall–Kier alpha value is -0.320. The van der Waals surface area contributed by atoms with Crippen molar-refractivity contribution in [3.8, 4) is 0 Å². The molecule has 0 aliphatic carbocycles. The van der Waals surface area contributed by atoms with Crippen LogP contribution in [0.25, 0.3) is 0 Å². The summed E-state index contributed by atoms with van der Waals surface area (Å²) in [5.74, 6) is 0. The molecule has 1 aromatic rings. The summed E-state index contributed by atoms with van der Waals surface area (Å²) in [5.41, 5.74) is 3.08. The number of rotatable bonds is 2. The van der Waals surface area contributed by atoms with Crippen molar-refractivity contribution in [1.29, 1.82) is 0 Å². The molecule has 0 radical (unpaired) electrons. The van der Waals surface area contributed by atoms with Gasteiger partial charge in [-0.25, -0.2) is 0 Å². The number of hydrogen-bond acceptors (Lipinski definition) is 1. The van der Waals surface area contributed by atoms with Crippen molar-refractivity contribution in [1.82, 2.24) is 4.98 Å². The smallest absolute Gasteiger partial charge is 0.166 e. The van der Waals surface area contributed by atoms with Gasteiger partial charge in [0.25, 0.3) is 0 Å². The van der Waals surface area contributed by atoms with Gasteiger partial charge in [-0.15, -0.1) is 0 Å². The van der Waals surface area contributed by atoms with Gasteiger partial charge in [0.1, 0.15) is 0 Å². The second-order valence-corrected chi connectivity index (χ2v) is 3.51. The van der Waals surface area contributed by atoms with Gasteiger partial charge in [0.2, 0.25) is 0 Å². The minimum Gasteiger partial charge on any atom is -0.347 e. The average molecular weight is 263 g/mol. The van der Waals surface area contributed by atoms with Gasteiger partial charge >= 0.3 is 0 Å².